The molecule has 8 aromatic carbocycles. The molecule has 0 amide bonds. The zero-order valence-electron chi connectivity index (χ0n) is 23.5. The molecule has 0 unspecified atom stereocenters. The van der Waals surface area contributed by atoms with Gasteiger partial charge in [-0.15, -0.1) is 0 Å². The second-order valence-corrected chi connectivity index (χ2v) is 11.4. The molecule has 0 radical (unpaired) electrons. The number of fused-ring (bicyclic) bond motifs is 7. The van der Waals surface area contributed by atoms with E-state index in [1.807, 2.05) is 0 Å². The zero-order chi connectivity index (χ0) is 28.3. The second kappa shape index (κ2) is 9.44. The van der Waals surface area contributed by atoms with Gasteiger partial charge >= 0.3 is 0 Å². The topological polar surface area (TPSA) is 15.8 Å². The largest absolute Gasteiger partial charge is 0.354 e. The van der Waals surface area contributed by atoms with Crippen LogP contribution in [0.4, 0.5) is 0 Å². The van der Waals surface area contributed by atoms with E-state index in [1.165, 1.54) is 82.0 Å². The number of benzene rings is 8. The molecule has 0 atom stereocenters. The Morgan fingerprint density at radius 3 is 1.56 bits per heavy atom. The summed E-state index contributed by atoms with van der Waals surface area (Å²) in [6.45, 7) is 0. The fourth-order valence-corrected chi connectivity index (χ4v) is 7.04. The summed E-state index contributed by atoms with van der Waals surface area (Å²) in [6.07, 6.45) is 0. The van der Waals surface area contributed by atoms with Gasteiger partial charge in [0.15, 0.2) is 0 Å². The van der Waals surface area contributed by atoms with Crippen LogP contribution in [0.1, 0.15) is 0 Å². The Morgan fingerprint density at radius 1 is 0.302 bits per heavy atom. The molecule has 9 rings (SSSR count). The van der Waals surface area contributed by atoms with Crippen LogP contribution in [0.15, 0.2) is 158 Å². The zero-order valence-corrected chi connectivity index (χ0v) is 23.5. The molecular formula is C42H27N. The van der Waals surface area contributed by atoms with Crippen molar-refractivity contribution in [2.75, 3.05) is 0 Å². The molecule has 0 bridgehead atoms. The van der Waals surface area contributed by atoms with Gasteiger partial charge in [0.05, 0.1) is 5.52 Å². The molecule has 0 spiro atoms. The number of H-pyrrole nitrogens is 1. The van der Waals surface area contributed by atoms with E-state index in [0.717, 1.165) is 5.52 Å². The number of nitrogens with one attached hydrogen (secondary N) is 1. The Kier molecular flexibility index (Phi) is 5.27. The van der Waals surface area contributed by atoms with Crippen molar-refractivity contribution >= 4 is 54.1 Å². The van der Waals surface area contributed by atoms with E-state index in [2.05, 4.69) is 163 Å². The normalized spacial score (nSPS) is 11.7. The molecule has 1 N–H and O–H groups in total. The Labute approximate surface area is 249 Å². The molecule has 0 fully saturated rings. The van der Waals surface area contributed by atoms with Gasteiger partial charge in [0.25, 0.3) is 0 Å². The second-order valence-electron chi connectivity index (χ2n) is 11.4. The summed E-state index contributed by atoms with van der Waals surface area (Å²) in [5.41, 5.74) is 9.84. The summed E-state index contributed by atoms with van der Waals surface area (Å²) >= 11 is 0. The highest BCUT2D eigenvalue weighted by molar-refractivity contribution is 6.21. The van der Waals surface area contributed by atoms with Gasteiger partial charge in [-0.1, -0.05) is 146 Å². The van der Waals surface area contributed by atoms with Crippen LogP contribution in [0, 0.1) is 0 Å². The summed E-state index contributed by atoms with van der Waals surface area (Å²) in [4.78, 5) is 3.75. The van der Waals surface area contributed by atoms with Gasteiger partial charge in [0.2, 0.25) is 0 Å². The lowest BCUT2D eigenvalue weighted by molar-refractivity contribution is 1.55. The highest BCUT2D eigenvalue weighted by Crippen LogP contribution is 2.44. The van der Waals surface area contributed by atoms with Gasteiger partial charge in [-0.2, -0.15) is 0 Å². The van der Waals surface area contributed by atoms with E-state index in [-0.39, 0.29) is 0 Å². The van der Waals surface area contributed by atoms with Crippen molar-refractivity contribution < 1.29 is 0 Å². The summed E-state index contributed by atoms with van der Waals surface area (Å²) in [5.74, 6) is 0. The van der Waals surface area contributed by atoms with Crippen molar-refractivity contribution in [2.24, 2.45) is 0 Å². The maximum Gasteiger partial charge on any atom is 0.0544 e. The van der Waals surface area contributed by atoms with Crippen LogP contribution >= 0.6 is 0 Å². The quantitative estimate of drug-likeness (QED) is 0.213. The lowest BCUT2D eigenvalue weighted by Crippen LogP contribution is -1.91. The maximum atomic E-state index is 3.75. The molecule has 1 nitrogen and oxygen atoms in total. The van der Waals surface area contributed by atoms with E-state index in [0.29, 0.717) is 0 Å². The molecule has 0 aliphatic heterocycles. The van der Waals surface area contributed by atoms with Crippen LogP contribution in [0.25, 0.3) is 87.5 Å². The first kappa shape index (κ1) is 24.0. The maximum absolute atomic E-state index is 3.75. The summed E-state index contributed by atoms with van der Waals surface area (Å²) < 4.78 is 0. The third kappa shape index (κ3) is 3.72. The fourth-order valence-electron chi connectivity index (χ4n) is 7.04. The third-order valence-electron chi connectivity index (χ3n) is 8.98. The molecular weight excluding hydrogens is 518 g/mol. The Bertz CT molecular complexity index is 2440. The van der Waals surface area contributed by atoms with E-state index < -0.39 is 0 Å². The smallest absolute Gasteiger partial charge is 0.0544 e. The number of aromatic amines is 1. The van der Waals surface area contributed by atoms with Crippen LogP contribution < -0.4 is 0 Å². The highest BCUT2D eigenvalue weighted by atomic mass is 14.7. The first-order chi connectivity index (χ1) is 21.3. The molecule has 0 aliphatic rings. The monoisotopic (exact) mass is 545 g/mol. The van der Waals surface area contributed by atoms with Crippen LogP contribution in [0.3, 0.4) is 0 Å². The standard InChI is InChI=1S/C42H27N/c1-2-12-28(13-3-1)40-34-17-6-8-19-36(34)41(37-20-9-7-18-35(37)40)31-15-10-14-29(25-31)30-22-23-33-38-24-21-27-11-4-5-16-32(27)42(38)43-39(33)26-30/h1-26,43H. The van der Waals surface area contributed by atoms with E-state index in [1.54, 1.807) is 0 Å². The molecule has 200 valence electrons. The summed E-state index contributed by atoms with van der Waals surface area (Å²) in [5, 5.41) is 10.1. The minimum absolute atomic E-state index is 1.16. The Morgan fingerprint density at radius 2 is 0.837 bits per heavy atom. The van der Waals surface area contributed by atoms with Crippen molar-refractivity contribution in [1.82, 2.24) is 4.98 Å². The average Bonchev–Trinajstić information content (AvgIpc) is 3.46. The lowest BCUT2D eigenvalue weighted by atomic mass is 9.85. The number of rotatable bonds is 3. The van der Waals surface area contributed by atoms with Crippen LogP contribution in [-0.4, -0.2) is 4.98 Å². The third-order valence-corrected chi connectivity index (χ3v) is 8.98. The molecule has 1 heterocycles. The minimum atomic E-state index is 1.16. The molecule has 0 aliphatic carbocycles. The number of hydrogen-bond acceptors (Lipinski definition) is 0. The first-order valence-corrected chi connectivity index (χ1v) is 14.9. The van der Waals surface area contributed by atoms with Gasteiger partial charge in [-0.05, 0) is 72.4 Å². The fraction of sp³-hybridized carbons (Fsp3) is 0. The molecule has 0 saturated heterocycles. The Balaban J connectivity index is 1.25. The van der Waals surface area contributed by atoms with Crippen LogP contribution in [0.2, 0.25) is 0 Å². The van der Waals surface area contributed by atoms with Crippen molar-refractivity contribution in [3.8, 4) is 33.4 Å². The van der Waals surface area contributed by atoms with E-state index in [4.69, 9.17) is 0 Å². The first-order valence-electron chi connectivity index (χ1n) is 14.9. The van der Waals surface area contributed by atoms with Gasteiger partial charge in [0.1, 0.15) is 0 Å². The average molecular weight is 546 g/mol. The van der Waals surface area contributed by atoms with Gasteiger partial charge < -0.3 is 4.98 Å². The SMILES string of the molecule is c1ccc(-c2c3ccccc3c(-c3cccc(-c4ccc5c(c4)[nH]c4c6ccccc6ccc54)c3)c3ccccc23)cc1. The van der Waals surface area contributed by atoms with Crippen LogP contribution in [0.5, 0.6) is 0 Å². The molecule has 43 heavy (non-hydrogen) atoms. The predicted molar refractivity (Wildman–Crippen MR) is 185 cm³/mol. The van der Waals surface area contributed by atoms with E-state index in [9.17, 15) is 0 Å². The number of aromatic nitrogens is 1. The highest BCUT2D eigenvalue weighted by Gasteiger charge is 2.17. The lowest BCUT2D eigenvalue weighted by Gasteiger charge is -2.18. The van der Waals surface area contributed by atoms with Gasteiger partial charge in [-0.25, -0.2) is 0 Å². The van der Waals surface area contributed by atoms with Gasteiger partial charge in [-0.3, -0.25) is 0 Å². The molecule has 1 aromatic heterocycles. The van der Waals surface area contributed by atoms with Crippen molar-refractivity contribution in [3.05, 3.63) is 158 Å². The number of hydrogen-bond donors (Lipinski definition) is 1. The van der Waals surface area contributed by atoms with Crippen molar-refractivity contribution in [1.29, 1.82) is 0 Å². The predicted octanol–water partition coefficient (Wildman–Crippen LogP) is 11.8. The van der Waals surface area contributed by atoms with Crippen LogP contribution in [-0.2, 0) is 0 Å². The molecule has 9 aromatic rings. The minimum Gasteiger partial charge on any atom is -0.354 e. The van der Waals surface area contributed by atoms with Gasteiger partial charge in [0, 0.05) is 21.7 Å². The molecule has 1 heteroatoms. The molecule has 0 saturated carbocycles. The summed E-state index contributed by atoms with van der Waals surface area (Å²) in [7, 11) is 0. The van der Waals surface area contributed by atoms with E-state index >= 15 is 0 Å². The Hall–Kier alpha value is -5.66. The summed E-state index contributed by atoms with van der Waals surface area (Å²) in [6, 6.07) is 57.4. The van der Waals surface area contributed by atoms with Crippen molar-refractivity contribution in [2.45, 2.75) is 0 Å². The van der Waals surface area contributed by atoms with Crippen molar-refractivity contribution in [3.63, 3.8) is 0 Å².